The van der Waals surface area contributed by atoms with E-state index in [9.17, 15) is 8.42 Å². The van der Waals surface area contributed by atoms with E-state index in [2.05, 4.69) is 0 Å². The lowest BCUT2D eigenvalue weighted by Crippen LogP contribution is -2.30. The standard InChI is InChI=1S/C15H16ClNO2S2/c1-11-6-7-15(12(16)10-11)21(18,19)17-8-2-4-13(17)14-5-3-9-20-14/h3,5-7,9-10,13H,2,4,8H2,1H3. The highest BCUT2D eigenvalue weighted by Gasteiger charge is 2.37. The van der Waals surface area contributed by atoms with Gasteiger partial charge >= 0.3 is 0 Å². The predicted molar refractivity (Wildman–Crippen MR) is 86.4 cm³/mol. The topological polar surface area (TPSA) is 37.4 Å². The van der Waals surface area contributed by atoms with Gasteiger partial charge in [-0.2, -0.15) is 4.31 Å². The zero-order chi connectivity index (χ0) is 15.0. The molecule has 0 radical (unpaired) electrons. The number of hydrogen-bond acceptors (Lipinski definition) is 3. The molecule has 1 aliphatic rings. The highest BCUT2D eigenvalue weighted by molar-refractivity contribution is 7.89. The highest BCUT2D eigenvalue weighted by atomic mass is 35.5. The average Bonchev–Trinajstić information content (AvgIpc) is 3.09. The van der Waals surface area contributed by atoms with Crippen LogP contribution in [0.2, 0.25) is 5.02 Å². The third-order valence-electron chi connectivity index (χ3n) is 3.75. The molecule has 2 aromatic rings. The second-order valence-corrected chi connectivity index (χ2v) is 8.47. The molecular formula is C15H16ClNO2S2. The zero-order valence-corrected chi connectivity index (χ0v) is 14.0. The smallest absolute Gasteiger partial charge is 0.207 e. The number of thiophene rings is 1. The lowest BCUT2D eigenvalue weighted by atomic mass is 10.2. The molecule has 0 bridgehead atoms. The lowest BCUT2D eigenvalue weighted by Gasteiger charge is -2.23. The summed E-state index contributed by atoms with van der Waals surface area (Å²) in [6.45, 7) is 2.45. The number of nitrogens with zero attached hydrogens (tertiary/aromatic N) is 1. The Bertz CT molecular complexity index is 741. The molecule has 21 heavy (non-hydrogen) atoms. The second kappa shape index (κ2) is 5.72. The van der Waals surface area contributed by atoms with E-state index in [4.69, 9.17) is 11.6 Å². The summed E-state index contributed by atoms with van der Waals surface area (Å²) in [6, 6.07) is 8.99. The summed E-state index contributed by atoms with van der Waals surface area (Å²) in [4.78, 5) is 1.30. The van der Waals surface area contributed by atoms with Crippen molar-refractivity contribution in [2.75, 3.05) is 6.54 Å². The second-order valence-electron chi connectivity index (χ2n) is 5.22. The van der Waals surface area contributed by atoms with Crippen molar-refractivity contribution in [1.82, 2.24) is 4.31 Å². The molecule has 1 aromatic heterocycles. The maximum atomic E-state index is 12.9. The molecule has 0 saturated carbocycles. The normalized spacial score (nSPS) is 20.0. The first-order valence-electron chi connectivity index (χ1n) is 6.81. The minimum Gasteiger partial charge on any atom is -0.207 e. The zero-order valence-electron chi connectivity index (χ0n) is 11.6. The van der Waals surface area contributed by atoms with E-state index >= 15 is 0 Å². The summed E-state index contributed by atoms with van der Waals surface area (Å²) in [5.74, 6) is 0. The molecule has 0 N–H and O–H groups in total. The van der Waals surface area contributed by atoms with Crippen LogP contribution in [0, 0.1) is 6.92 Å². The Hall–Kier alpha value is -0.880. The molecule has 1 atom stereocenters. The minimum absolute atomic E-state index is 0.0626. The van der Waals surface area contributed by atoms with Crippen molar-refractivity contribution in [3.8, 4) is 0 Å². The molecule has 3 rings (SSSR count). The van der Waals surface area contributed by atoms with Crippen LogP contribution in [0.25, 0.3) is 0 Å². The third kappa shape index (κ3) is 2.75. The van der Waals surface area contributed by atoms with Gasteiger partial charge in [-0.15, -0.1) is 11.3 Å². The Balaban J connectivity index is 2.01. The van der Waals surface area contributed by atoms with Crippen molar-refractivity contribution < 1.29 is 8.42 Å². The van der Waals surface area contributed by atoms with Gasteiger partial charge in [0.25, 0.3) is 0 Å². The molecule has 1 fully saturated rings. The first kappa shape index (κ1) is 15.0. The summed E-state index contributed by atoms with van der Waals surface area (Å²) in [6.07, 6.45) is 1.74. The van der Waals surface area contributed by atoms with E-state index in [0.717, 1.165) is 23.3 Å². The predicted octanol–water partition coefficient (Wildman–Crippen LogP) is 4.24. The largest absolute Gasteiger partial charge is 0.245 e. The molecule has 0 spiro atoms. The molecule has 6 heteroatoms. The van der Waals surface area contributed by atoms with E-state index in [0.29, 0.717) is 11.6 Å². The van der Waals surface area contributed by atoms with Crippen LogP contribution in [0.4, 0.5) is 0 Å². The van der Waals surface area contributed by atoms with Crippen molar-refractivity contribution in [3.63, 3.8) is 0 Å². The van der Waals surface area contributed by atoms with E-state index < -0.39 is 10.0 Å². The maximum absolute atomic E-state index is 12.9. The fraction of sp³-hybridized carbons (Fsp3) is 0.333. The van der Waals surface area contributed by atoms with Gasteiger partial charge in [0.1, 0.15) is 4.90 Å². The third-order valence-corrected chi connectivity index (χ3v) is 7.11. The van der Waals surface area contributed by atoms with Crippen LogP contribution >= 0.6 is 22.9 Å². The molecule has 1 aromatic carbocycles. The summed E-state index contributed by atoms with van der Waals surface area (Å²) < 4.78 is 27.4. The Labute approximate surface area is 134 Å². The fourth-order valence-corrected chi connectivity index (χ4v) is 5.92. The van der Waals surface area contributed by atoms with E-state index in [1.807, 2.05) is 24.4 Å². The molecule has 1 unspecified atom stereocenters. The number of rotatable bonds is 3. The Morgan fingerprint density at radius 1 is 1.33 bits per heavy atom. The van der Waals surface area contributed by atoms with Crippen LogP contribution in [-0.2, 0) is 10.0 Å². The molecule has 0 amide bonds. The highest BCUT2D eigenvalue weighted by Crippen LogP contribution is 2.39. The van der Waals surface area contributed by atoms with Crippen LogP contribution in [0.1, 0.15) is 29.3 Å². The molecule has 3 nitrogen and oxygen atoms in total. The maximum Gasteiger partial charge on any atom is 0.245 e. The van der Waals surface area contributed by atoms with Crippen LogP contribution in [-0.4, -0.2) is 19.3 Å². The SMILES string of the molecule is Cc1ccc(S(=O)(=O)N2CCCC2c2cccs2)c(Cl)c1. The Morgan fingerprint density at radius 3 is 2.81 bits per heavy atom. The first-order valence-corrected chi connectivity index (χ1v) is 9.51. The summed E-state index contributed by atoms with van der Waals surface area (Å²) >= 11 is 7.76. The molecular weight excluding hydrogens is 326 g/mol. The minimum atomic E-state index is -3.55. The quantitative estimate of drug-likeness (QED) is 0.837. The van der Waals surface area contributed by atoms with Gasteiger partial charge in [0.15, 0.2) is 0 Å². The van der Waals surface area contributed by atoms with Gasteiger partial charge in [-0.05, 0) is 48.9 Å². The van der Waals surface area contributed by atoms with Crippen molar-refractivity contribution in [2.45, 2.75) is 30.7 Å². The number of hydrogen-bond donors (Lipinski definition) is 0. The molecule has 1 aliphatic heterocycles. The Morgan fingerprint density at radius 2 is 2.14 bits per heavy atom. The van der Waals surface area contributed by atoms with Crippen LogP contribution < -0.4 is 0 Å². The summed E-state index contributed by atoms with van der Waals surface area (Å²) in [7, 11) is -3.55. The molecule has 2 heterocycles. The van der Waals surface area contributed by atoms with Crippen molar-refractivity contribution >= 4 is 33.0 Å². The van der Waals surface area contributed by atoms with Gasteiger partial charge < -0.3 is 0 Å². The monoisotopic (exact) mass is 341 g/mol. The van der Waals surface area contributed by atoms with E-state index in [-0.39, 0.29) is 10.9 Å². The number of halogens is 1. The van der Waals surface area contributed by atoms with E-state index in [1.165, 1.54) is 0 Å². The molecule has 1 saturated heterocycles. The van der Waals surface area contributed by atoms with Gasteiger partial charge in [0.05, 0.1) is 11.1 Å². The van der Waals surface area contributed by atoms with Crippen molar-refractivity contribution in [3.05, 3.63) is 51.2 Å². The van der Waals surface area contributed by atoms with Crippen molar-refractivity contribution in [2.24, 2.45) is 0 Å². The number of benzene rings is 1. The van der Waals surface area contributed by atoms with Crippen molar-refractivity contribution in [1.29, 1.82) is 0 Å². The molecule has 0 aliphatic carbocycles. The summed E-state index contributed by atoms with van der Waals surface area (Å²) in [5.41, 5.74) is 0.954. The number of aryl methyl sites for hydroxylation is 1. The average molecular weight is 342 g/mol. The fourth-order valence-electron chi connectivity index (χ4n) is 2.73. The van der Waals surface area contributed by atoms with Gasteiger partial charge in [-0.1, -0.05) is 23.7 Å². The van der Waals surface area contributed by atoms with Gasteiger partial charge in [0.2, 0.25) is 10.0 Å². The van der Waals surface area contributed by atoms with Gasteiger partial charge in [-0.25, -0.2) is 8.42 Å². The first-order chi connectivity index (χ1) is 10.00. The van der Waals surface area contributed by atoms with E-state index in [1.54, 1.807) is 33.8 Å². The number of sulfonamides is 1. The van der Waals surface area contributed by atoms with Gasteiger partial charge in [-0.3, -0.25) is 0 Å². The van der Waals surface area contributed by atoms with Crippen LogP contribution in [0.3, 0.4) is 0 Å². The molecule has 112 valence electrons. The van der Waals surface area contributed by atoms with Gasteiger partial charge in [0, 0.05) is 11.4 Å². The van der Waals surface area contributed by atoms with Crippen LogP contribution in [0.15, 0.2) is 40.6 Å². The van der Waals surface area contributed by atoms with Crippen LogP contribution in [0.5, 0.6) is 0 Å². The summed E-state index contributed by atoms with van der Waals surface area (Å²) in [5, 5.41) is 2.28. The lowest BCUT2D eigenvalue weighted by molar-refractivity contribution is 0.401. The Kier molecular flexibility index (Phi) is 4.10.